The number of hydrogen-bond donors (Lipinski definition) is 1. The van der Waals surface area contributed by atoms with Gasteiger partial charge in [0.05, 0.1) is 18.2 Å². The SMILES string of the molecule is CCOc1ccc(N(CC)S(=O)(=O)N2CCCC(C(=O)NCc3cccnc3)C2)cc1. The van der Waals surface area contributed by atoms with Crippen molar-refractivity contribution in [3.8, 4) is 5.75 Å². The van der Waals surface area contributed by atoms with Crippen LogP contribution in [0.2, 0.25) is 0 Å². The molecule has 1 aliphatic rings. The Hall–Kier alpha value is -2.65. The summed E-state index contributed by atoms with van der Waals surface area (Å²) in [6.45, 7) is 5.50. The van der Waals surface area contributed by atoms with Gasteiger partial charge in [0.25, 0.3) is 0 Å². The highest BCUT2D eigenvalue weighted by molar-refractivity contribution is 7.90. The lowest BCUT2D eigenvalue weighted by molar-refractivity contribution is -0.126. The van der Waals surface area contributed by atoms with Crippen LogP contribution in [0.4, 0.5) is 5.69 Å². The lowest BCUT2D eigenvalue weighted by Gasteiger charge is -2.35. The third-order valence-corrected chi connectivity index (χ3v) is 7.28. The number of carbonyl (C=O) groups is 1. The Morgan fingerprint density at radius 2 is 2.03 bits per heavy atom. The lowest BCUT2D eigenvalue weighted by atomic mass is 9.99. The highest BCUT2D eigenvalue weighted by Gasteiger charge is 2.35. The van der Waals surface area contributed by atoms with Crippen LogP contribution < -0.4 is 14.4 Å². The Morgan fingerprint density at radius 1 is 1.26 bits per heavy atom. The average molecular weight is 447 g/mol. The van der Waals surface area contributed by atoms with Gasteiger partial charge in [-0.15, -0.1) is 0 Å². The Morgan fingerprint density at radius 3 is 2.68 bits per heavy atom. The molecule has 8 nitrogen and oxygen atoms in total. The van der Waals surface area contributed by atoms with Crippen LogP contribution in [-0.2, 0) is 21.5 Å². The summed E-state index contributed by atoms with van der Waals surface area (Å²) in [6.07, 6.45) is 4.69. The monoisotopic (exact) mass is 446 g/mol. The van der Waals surface area contributed by atoms with Crippen LogP contribution in [0.15, 0.2) is 48.8 Å². The molecule has 2 aromatic rings. The third kappa shape index (κ3) is 5.74. The topological polar surface area (TPSA) is 91.8 Å². The molecule has 0 aliphatic carbocycles. The number of aromatic nitrogens is 1. The van der Waals surface area contributed by atoms with E-state index in [4.69, 9.17) is 4.74 Å². The first-order valence-corrected chi connectivity index (χ1v) is 12.0. The average Bonchev–Trinajstić information content (AvgIpc) is 2.80. The standard InChI is InChI=1S/C22H30N4O4S/c1-3-26(20-9-11-21(12-10-20)30-4-2)31(28,29)25-14-6-8-19(17-25)22(27)24-16-18-7-5-13-23-15-18/h5,7,9-13,15,19H,3-4,6,8,14,16-17H2,1-2H3,(H,24,27). The maximum Gasteiger partial charge on any atom is 0.304 e. The van der Waals surface area contributed by atoms with Crippen molar-refractivity contribution in [2.75, 3.05) is 30.5 Å². The van der Waals surface area contributed by atoms with Gasteiger partial charge in [0.1, 0.15) is 5.75 Å². The van der Waals surface area contributed by atoms with E-state index < -0.39 is 10.2 Å². The van der Waals surface area contributed by atoms with Gasteiger partial charge in [-0.05, 0) is 62.6 Å². The summed E-state index contributed by atoms with van der Waals surface area (Å²) >= 11 is 0. The van der Waals surface area contributed by atoms with Crippen molar-refractivity contribution >= 4 is 21.8 Å². The summed E-state index contributed by atoms with van der Waals surface area (Å²) in [6, 6.07) is 10.7. The molecule has 0 bridgehead atoms. The second-order valence-corrected chi connectivity index (χ2v) is 9.23. The van der Waals surface area contributed by atoms with Crippen LogP contribution in [0.25, 0.3) is 0 Å². The van der Waals surface area contributed by atoms with Crippen molar-refractivity contribution in [3.63, 3.8) is 0 Å². The predicted octanol–water partition coefficient (Wildman–Crippen LogP) is 2.58. The van der Waals surface area contributed by atoms with Crippen LogP contribution in [-0.4, -0.2) is 49.9 Å². The number of anilines is 1. The molecule has 0 spiro atoms. The zero-order valence-electron chi connectivity index (χ0n) is 18.0. The summed E-state index contributed by atoms with van der Waals surface area (Å²) in [5.74, 6) is 0.190. The van der Waals surface area contributed by atoms with E-state index in [1.807, 2.05) is 19.1 Å². The second kappa shape index (κ2) is 10.6. The van der Waals surface area contributed by atoms with Crippen LogP contribution in [0, 0.1) is 5.92 Å². The molecule has 1 aromatic heterocycles. The summed E-state index contributed by atoms with van der Waals surface area (Å²) in [5.41, 5.74) is 1.48. The number of pyridine rings is 1. The number of amides is 1. The molecule has 0 radical (unpaired) electrons. The van der Waals surface area contributed by atoms with Crippen molar-refractivity contribution < 1.29 is 17.9 Å². The summed E-state index contributed by atoms with van der Waals surface area (Å²) in [4.78, 5) is 16.7. The molecule has 1 atom stereocenters. The zero-order chi connectivity index (χ0) is 22.3. The minimum Gasteiger partial charge on any atom is -0.494 e. The minimum absolute atomic E-state index is 0.132. The molecule has 2 heterocycles. The first kappa shape index (κ1) is 23.0. The van der Waals surface area contributed by atoms with E-state index in [1.165, 1.54) is 8.61 Å². The van der Waals surface area contributed by atoms with Crippen LogP contribution in [0.5, 0.6) is 5.75 Å². The predicted molar refractivity (Wildman–Crippen MR) is 120 cm³/mol. The fraction of sp³-hybridized carbons (Fsp3) is 0.455. The van der Waals surface area contributed by atoms with Crippen molar-refractivity contribution in [3.05, 3.63) is 54.4 Å². The summed E-state index contributed by atoms with van der Waals surface area (Å²) in [5, 5.41) is 2.91. The smallest absolute Gasteiger partial charge is 0.304 e. The number of nitrogens with zero attached hydrogens (tertiary/aromatic N) is 3. The van der Waals surface area contributed by atoms with Gasteiger partial charge >= 0.3 is 10.2 Å². The van der Waals surface area contributed by atoms with Gasteiger partial charge in [-0.2, -0.15) is 12.7 Å². The van der Waals surface area contributed by atoms with E-state index in [9.17, 15) is 13.2 Å². The molecule has 1 saturated heterocycles. The molecular formula is C22H30N4O4S. The molecule has 0 saturated carbocycles. The van der Waals surface area contributed by atoms with Crippen LogP contribution in [0.1, 0.15) is 32.3 Å². The third-order valence-electron chi connectivity index (χ3n) is 5.27. The van der Waals surface area contributed by atoms with Crippen molar-refractivity contribution in [2.24, 2.45) is 5.92 Å². The zero-order valence-corrected chi connectivity index (χ0v) is 18.8. The number of carbonyl (C=O) groups excluding carboxylic acids is 1. The number of hydrogen-bond acceptors (Lipinski definition) is 5. The fourth-order valence-electron chi connectivity index (χ4n) is 3.70. The van der Waals surface area contributed by atoms with Crippen molar-refractivity contribution in [2.45, 2.75) is 33.2 Å². The molecule has 1 unspecified atom stereocenters. The summed E-state index contributed by atoms with van der Waals surface area (Å²) < 4.78 is 35.0. The normalized spacial score (nSPS) is 17.2. The molecular weight excluding hydrogens is 416 g/mol. The molecule has 1 aromatic carbocycles. The second-order valence-electron chi connectivity index (χ2n) is 7.38. The Bertz CT molecular complexity index is 951. The Balaban J connectivity index is 1.67. The van der Waals surface area contributed by atoms with Gasteiger partial charge in [0.15, 0.2) is 0 Å². The number of nitrogens with one attached hydrogen (secondary N) is 1. The van der Waals surface area contributed by atoms with Crippen LogP contribution >= 0.6 is 0 Å². The Labute approximate surface area is 184 Å². The van der Waals surface area contributed by atoms with Gasteiger partial charge in [-0.3, -0.25) is 14.1 Å². The highest BCUT2D eigenvalue weighted by Crippen LogP contribution is 2.27. The molecule has 1 amide bonds. The van der Waals surface area contributed by atoms with Crippen molar-refractivity contribution in [1.82, 2.24) is 14.6 Å². The molecule has 1 fully saturated rings. The quantitative estimate of drug-likeness (QED) is 0.639. The maximum atomic E-state index is 13.4. The van der Waals surface area contributed by atoms with Gasteiger partial charge < -0.3 is 10.1 Å². The number of piperidine rings is 1. The number of benzene rings is 1. The van der Waals surface area contributed by atoms with Gasteiger partial charge in [-0.1, -0.05) is 6.07 Å². The molecule has 1 aliphatic heterocycles. The van der Waals surface area contributed by atoms with Crippen LogP contribution in [0.3, 0.4) is 0 Å². The fourth-order valence-corrected chi connectivity index (χ4v) is 5.42. The van der Waals surface area contributed by atoms with Gasteiger partial charge in [0, 0.05) is 38.6 Å². The first-order valence-electron chi connectivity index (χ1n) is 10.6. The van der Waals surface area contributed by atoms with E-state index >= 15 is 0 Å². The largest absolute Gasteiger partial charge is 0.494 e. The molecule has 31 heavy (non-hydrogen) atoms. The van der Waals surface area contributed by atoms with E-state index in [-0.39, 0.29) is 18.4 Å². The first-order chi connectivity index (χ1) is 15.0. The highest BCUT2D eigenvalue weighted by atomic mass is 32.2. The number of rotatable bonds is 9. The van der Waals surface area contributed by atoms with E-state index in [0.717, 1.165) is 5.56 Å². The van der Waals surface area contributed by atoms with Crippen molar-refractivity contribution in [1.29, 1.82) is 0 Å². The lowest BCUT2D eigenvalue weighted by Crippen LogP contribution is -2.50. The van der Waals surface area contributed by atoms with E-state index in [0.29, 0.717) is 50.5 Å². The minimum atomic E-state index is -3.75. The maximum absolute atomic E-state index is 13.4. The van der Waals surface area contributed by atoms with Gasteiger partial charge in [0.2, 0.25) is 5.91 Å². The molecule has 3 rings (SSSR count). The molecule has 1 N–H and O–H groups in total. The Kier molecular flexibility index (Phi) is 7.86. The van der Waals surface area contributed by atoms with E-state index in [1.54, 1.807) is 43.6 Å². The molecule has 168 valence electrons. The number of ether oxygens (including phenoxy) is 1. The molecule has 9 heteroatoms. The van der Waals surface area contributed by atoms with E-state index in [2.05, 4.69) is 10.3 Å². The van der Waals surface area contributed by atoms with Gasteiger partial charge in [-0.25, -0.2) is 0 Å². The summed E-state index contributed by atoms with van der Waals surface area (Å²) in [7, 11) is -3.75.